The van der Waals surface area contributed by atoms with E-state index in [4.69, 9.17) is 9.51 Å². The van der Waals surface area contributed by atoms with Crippen molar-refractivity contribution in [2.75, 3.05) is 13.1 Å². The van der Waals surface area contributed by atoms with Crippen molar-refractivity contribution in [2.24, 2.45) is 0 Å². The number of aryl methyl sites for hydroxylation is 1. The van der Waals surface area contributed by atoms with E-state index in [0.717, 1.165) is 49.6 Å². The molecule has 0 aromatic carbocycles. The van der Waals surface area contributed by atoms with Gasteiger partial charge in [-0.1, -0.05) is 18.5 Å². The molecule has 2 aromatic rings. The molecule has 2 aromatic heterocycles. The topological polar surface area (TPSA) is 51.0 Å². The SMILES string of the molecule is CCCC1(c2nc(-c3cscc3C)no2)CCCNC1. The number of thiophene rings is 1. The van der Waals surface area contributed by atoms with Gasteiger partial charge in [-0.3, -0.25) is 0 Å². The third kappa shape index (κ3) is 2.40. The minimum atomic E-state index is 0.0299. The summed E-state index contributed by atoms with van der Waals surface area (Å²) in [6, 6.07) is 0. The van der Waals surface area contributed by atoms with Crippen molar-refractivity contribution in [1.29, 1.82) is 0 Å². The number of aromatic nitrogens is 2. The summed E-state index contributed by atoms with van der Waals surface area (Å²) >= 11 is 1.68. The molecular formula is C15H21N3OS. The second-order valence-corrected chi connectivity index (χ2v) is 6.45. The van der Waals surface area contributed by atoms with E-state index in [1.807, 2.05) is 0 Å². The first kappa shape index (κ1) is 13.8. The molecule has 1 aliphatic heterocycles. The molecule has 0 saturated carbocycles. The van der Waals surface area contributed by atoms with Gasteiger partial charge in [0.15, 0.2) is 0 Å². The molecule has 0 spiro atoms. The Balaban J connectivity index is 1.93. The fourth-order valence-corrected chi connectivity index (χ4v) is 3.91. The van der Waals surface area contributed by atoms with Crippen molar-refractivity contribution >= 4 is 11.3 Å². The predicted octanol–water partition coefficient (Wildman–Crippen LogP) is 3.53. The Morgan fingerprint density at radius 3 is 3.00 bits per heavy atom. The number of hydrogen-bond donors (Lipinski definition) is 1. The molecule has 3 heterocycles. The summed E-state index contributed by atoms with van der Waals surface area (Å²) in [5, 5.41) is 11.9. The van der Waals surface area contributed by atoms with Crippen LogP contribution in [-0.4, -0.2) is 23.2 Å². The molecule has 3 rings (SSSR count). The largest absolute Gasteiger partial charge is 0.338 e. The smallest absolute Gasteiger partial charge is 0.234 e. The highest BCUT2D eigenvalue weighted by atomic mass is 32.1. The molecule has 1 fully saturated rings. The van der Waals surface area contributed by atoms with Crippen molar-refractivity contribution in [3.8, 4) is 11.4 Å². The molecule has 4 nitrogen and oxygen atoms in total. The highest BCUT2D eigenvalue weighted by Crippen LogP contribution is 2.36. The lowest BCUT2D eigenvalue weighted by Crippen LogP contribution is -2.43. The Kier molecular flexibility index (Phi) is 3.89. The number of piperidine rings is 1. The van der Waals surface area contributed by atoms with Gasteiger partial charge in [-0.25, -0.2) is 0 Å². The average molecular weight is 291 g/mol. The summed E-state index contributed by atoms with van der Waals surface area (Å²) in [7, 11) is 0. The van der Waals surface area contributed by atoms with Gasteiger partial charge in [-0.05, 0) is 43.7 Å². The first-order valence-electron chi connectivity index (χ1n) is 7.33. The third-order valence-electron chi connectivity index (χ3n) is 4.18. The maximum absolute atomic E-state index is 5.64. The van der Waals surface area contributed by atoms with Gasteiger partial charge in [0.2, 0.25) is 11.7 Å². The van der Waals surface area contributed by atoms with E-state index in [-0.39, 0.29) is 5.41 Å². The van der Waals surface area contributed by atoms with Crippen LogP contribution in [0.1, 0.15) is 44.1 Å². The monoisotopic (exact) mass is 291 g/mol. The number of nitrogens with one attached hydrogen (secondary N) is 1. The van der Waals surface area contributed by atoms with Crippen molar-refractivity contribution < 1.29 is 4.52 Å². The molecular weight excluding hydrogens is 270 g/mol. The molecule has 1 aliphatic rings. The van der Waals surface area contributed by atoms with E-state index in [1.54, 1.807) is 11.3 Å². The summed E-state index contributed by atoms with van der Waals surface area (Å²) < 4.78 is 5.64. The van der Waals surface area contributed by atoms with Crippen LogP contribution in [0.5, 0.6) is 0 Å². The van der Waals surface area contributed by atoms with Crippen LogP contribution >= 0.6 is 11.3 Å². The van der Waals surface area contributed by atoms with Gasteiger partial charge in [0, 0.05) is 17.5 Å². The molecule has 108 valence electrons. The molecule has 1 unspecified atom stereocenters. The number of rotatable bonds is 4. The maximum Gasteiger partial charge on any atom is 0.234 e. The van der Waals surface area contributed by atoms with E-state index in [2.05, 4.69) is 35.1 Å². The highest BCUT2D eigenvalue weighted by molar-refractivity contribution is 7.08. The van der Waals surface area contributed by atoms with Crippen molar-refractivity contribution in [3.63, 3.8) is 0 Å². The zero-order valence-electron chi connectivity index (χ0n) is 12.1. The quantitative estimate of drug-likeness (QED) is 0.936. The van der Waals surface area contributed by atoms with E-state index < -0.39 is 0 Å². The van der Waals surface area contributed by atoms with Crippen LogP contribution in [0.2, 0.25) is 0 Å². The Bertz CT molecular complexity index is 564. The molecule has 1 atom stereocenters. The lowest BCUT2D eigenvalue weighted by Gasteiger charge is -2.34. The molecule has 5 heteroatoms. The number of nitrogens with zero attached hydrogens (tertiary/aromatic N) is 2. The van der Waals surface area contributed by atoms with Gasteiger partial charge in [-0.15, -0.1) is 0 Å². The zero-order valence-corrected chi connectivity index (χ0v) is 12.9. The minimum Gasteiger partial charge on any atom is -0.338 e. The first-order chi connectivity index (χ1) is 9.75. The third-order valence-corrected chi connectivity index (χ3v) is 5.04. The standard InChI is InChI=1S/C15H21N3OS/c1-3-5-15(6-4-7-16-10-15)14-17-13(18-19-14)12-9-20-8-11(12)2/h8-9,16H,3-7,10H2,1-2H3. The van der Waals surface area contributed by atoms with E-state index in [0.29, 0.717) is 0 Å². The van der Waals surface area contributed by atoms with Crippen LogP contribution in [0.25, 0.3) is 11.4 Å². The molecule has 1 saturated heterocycles. The predicted molar refractivity (Wildman–Crippen MR) is 81.0 cm³/mol. The fourth-order valence-electron chi connectivity index (χ4n) is 3.09. The lowest BCUT2D eigenvalue weighted by molar-refractivity contribution is 0.213. The molecule has 0 aliphatic carbocycles. The van der Waals surface area contributed by atoms with Crippen LogP contribution in [-0.2, 0) is 5.41 Å². The van der Waals surface area contributed by atoms with Gasteiger partial charge in [-0.2, -0.15) is 16.3 Å². The zero-order chi connectivity index (χ0) is 14.0. The van der Waals surface area contributed by atoms with Crippen molar-refractivity contribution in [2.45, 2.75) is 44.9 Å². The van der Waals surface area contributed by atoms with Gasteiger partial charge in [0.1, 0.15) is 0 Å². The summed E-state index contributed by atoms with van der Waals surface area (Å²) in [5.41, 5.74) is 2.34. The summed E-state index contributed by atoms with van der Waals surface area (Å²) in [4.78, 5) is 4.72. The Labute approximate surface area is 123 Å². The van der Waals surface area contributed by atoms with Crippen LogP contribution in [0.15, 0.2) is 15.3 Å². The first-order valence-corrected chi connectivity index (χ1v) is 8.27. The molecule has 0 radical (unpaired) electrons. The Hall–Kier alpha value is -1.20. The second kappa shape index (κ2) is 5.66. The molecule has 20 heavy (non-hydrogen) atoms. The van der Waals surface area contributed by atoms with Gasteiger partial charge < -0.3 is 9.84 Å². The Morgan fingerprint density at radius 2 is 2.35 bits per heavy atom. The van der Waals surface area contributed by atoms with Gasteiger partial charge in [0.05, 0.1) is 5.41 Å². The molecule has 0 bridgehead atoms. The van der Waals surface area contributed by atoms with Crippen molar-refractivity contribution in [1.82, 2.24) is 15.5 Å². The van der Waals surface area contributed by atoms with Crippen molar-refractivity contribution in [3.05, 3.63) is 22.2 Å². The van der Waals surface area contributed by atoms with E-state index in [1.165, 1.54) is 12.0 Å². The minimum absolute atomic E-state index is 0.0299. The molecule has 0 amide bonds. The van der Waals surface area contributed by atoms with Crippen LogP contribution in [0.3, 0.4) is 0 Å². The summed E-state index contributed by atoms with van der Waals surface area (Å²) in [5.74, 6) is 1.55. The van der Waals surface area contributed by atoms with E-state index >= 15 is 0 Å². The second-order valence-electron chi connectivity index (χ2n) is 5.70. The van der Waals surface area contributed by atoms with Crippen LogP contribution in [0.4, 0.5) is 0 Å². The summed E-state index contributed by atoms with van der Waals surface area (Å²) in [6.07, 6.45) is 4.55. The van der Waals surface area contributed by atoms with E-state index in [9.17, 15) is 0 Å². The van der Waals surface area contributed by atoms with Crippen LogP contribution in [0, 0.1) is 6.92 Å². The average Bonchev–Trinajstić information content (AvgIpc) is 3.08. The maximum atomic E-state index is 5.64. The highest BCUT2D eigenvalue weighted by Gasteiger charge is 2.38. The Morgan fingerprint density at radius 1 is 1.45 bits per heavy atom. The fraction of sp³-hybridized carbons (Fsp3) is 0.600. The van der Waals surface area contributed by atoms with Crippen LogP contribution < -0.4 is 5.32 Å². The normalized spacial score (nSPS) is 23.1. The number of hydrogen-bond acceptors (Lipinski definition) is 5. The van der Waals surface area contributed by atoms with Gasteiger partial charge in [0.25, 0.3) is 0 Å². The lowest BCUT2D eigenvalue weighted by atomic mass is 9.77. The summed E-state index contributed by atoms with van der Waals surface area (Å²) in [6.45, 7) is 6.35. The van der Waals surface area contributed by atoms with Gasteiger partial charge >= 0.3 is 0 Å². The molecule has 1 N–H and O–H groups in total.